The molecule has 2 rings (SSSR count). The van der Waals surface area contributed by atoms with Crippen LogP contribution in [0, 0.1) is 0 Å². The zero-order valence-electron chi connectivity index (χ0n) is 10.8. The zero-order chi connectivity index (χ0) is 16.5. The summed E-state index contributed by atoms with van der Waals surface area (Å²) in [6.07, 6.45) is -9.47. The van der Waals surface area contributed by atoms with E-state index in [2.05, 4.69) is 0 Å². The van der Waals surface area contributed by atoms with Gasteiger partial charge >= 0.3 is 12.4 Å². The number of alkyl halides is 6. The molecule has 116 valence electrons. The summed E-state index contributed by atoms with van der Waals surface area (Å²) in [6, 6.07) is 6.45. The molecular weight excluding hydrogens is 310 g/mol. The number of carbonyl (C=O) groups is 1. The second kappa shape index (κ2) is 5.47. The van der Waals surface area contributed by atoms with Gasteiger partial charge in [0.15, 0.2) is 0 Å². The van der Waals surface area contributed by atoms with Crippen molar-refractivity contribution in [2.75, 3.05) is 0 Å². The van der Waals surface area contributed by atoms with Crippen molar-refractivity contribution in [3.8, 4) is 11.1 Å². The van der Waals surface area contributed by atoms with Crippen molar-refractivity contribution in [1.29, 1.82) is 0 Å². The summed E-state index contributed by atoms with van der Waals surface area (Å²) in [5.74, 6) is 0. The largest absolute Gasteiger partial charge is 0.417 e. The molecule has 0 aliphatic rings. The summed E-state index contributed by atoms with van der Waals surface area (Å²) in [5.41, 5.74) is -3.92. The predicted octanol–water partition coefficient (Wildman–Crippen LogP) is 5.20. The van der Waals surface area contributed by atoms with E-state index >= 15 is 0 Å². The lowest BCUT2D eigenvalue weighted by atomic mass is 9.93. The number of halogens is 6. The molecule has 0 unspecified atom stereocenters. The molecule has 0 N–H and O–H groups in total. The van der Waals surface area contributed by atoms with Crippen molar-refractivity contribution in [2.45, 2.75) is 12.4 Å². The number of carbonyl (C=O) groups excluding carboxylic acids is 1. The first-order valence-electron chi connectivity index (χ1n) is 5.97. The van der Waals surface area contributed by atoms with Gasteiger partial charge < -0.3 is 0 Å². The smallest absolute Gasteiger partial charge is 0.298 e. The molecule has 22 heavy (non-hydrogen) atoms. The van der Waals surface area contributed by atoms with Crippen LogP contribution in [-0.2, 0) is 12.4 Å². The summed E-state index contributed by atoms with van der Waals surface area (Å²) in [5, 5.41) is 0. The van der Waals surface area contributed by atoms with Gasteiger partial charge in [0.1, 0.15) is 6.29 Å². The van der Waals surface area contributed by atoms with Crippen LogP contribution in [0.2, 0.25) is 0 Å². The molecule has 1 nitrogen and oxygen atoms in total. The number of aldehydes is 1. The minimum Gasteiger partial charge on any atom is -0.298 e. The van der Waals surface area contributed by atoms with E-state index < -0.39 is 34.6 Å². The van der Waals surface area contributed by atoms with Gasteiger partial charge in [0.25, 0.3) is 0 Å². The maximum Gasteiger partial charge on any atom is 0.417 e. The van der Waals surface area contributed by atoms with E-state index in [1.165, 1.54) is 6.07 Å². The Morgan fingerprint density at radius 3 is 1.82 bits per heavy atom. The van der Waals surface area contributed by atoms with Crippen LogP contribution >= 0.6 is 0 Å². The van der Waals surface area contributed by atoms with E-state index in [0.717, 1.165) is 24.3 Å². The Balaban J connectivity index is 2.76. The van der Waals surface area contributed by atoms with Gasteiger partial charge in [0, 0.05) is 5.56 Å². The Kier molecular flexibility index (Phi) is 4.00. The Hall–Kier alpha value is -2.31. The van der Waals surface area contributed by atoms with Crippen molar-refractivity contribution < 1.29 is 31.1 Å². The van der Waals surface area contributed by atoms with Gasteiger partial charge in [-0.1, -0.05) is 30.3 Å². The number of benzene rings is 2. The summed E-state index contributed by atoms with van der Waals surface area (Å²) >= 11 is 0. The molecule has 0 saturated heterocycles. The van der Waals surface area contributed by atoms with Crippen LogP contribution in [0.1, 0.15) is 21.5 Å². The van der Waals surface area contributed by atoms with E-state index in [9.17, 15) is 31.1 Å². The fraction of sp³-hybridized carbons (Fsp3) is 0.133. The number of hydrogen-bond acceptors (Lipinski definition) is 1. The fourth-order valence-corrected chi connectivity index (χ4v) is 2.07. The molecule has 7 heteroatoms. The van der Waals surface area contributed by atoms with Crippen molar-refractivity contribution in [1.82, 2.24) is 0 Å². The van der Waals surface area contributed by atoms with Gasteiger partial charge in [-0.15, -0.1) is 0 Å². The summed E-state index contributed by atoms with van der Waals surface area (Å²) < 4.78 is 78.2. The summed E-state index contributed by atoms with van der Waals surface area (Å²) in [6.45, 7) is 0. The van der Waals surface area contributed by atoms with Crippen molar-refractivity contribution in [2.24, 2.45) is 0 Å². The van der Waals surface area contributed by atoms with Crippen LogP contribution in [0.4, 0.5) is 26.3 Å². The van der Waals surface area contributed by atoms with Crippen LogP contribution in [0.25, 0.3) is 11.1 Å². The van der Waals surface area contributed by atoms with Crippen LogP contribution in [0.15, 0.2) is 42.5 Å². The van der Waals surface area contributed by atoms with Gasteiger partial charge in [-0.2, -0.15) is 26.3 Å². The minimum absolute atomic E-state index is 0.203. The quantitative estimate of drug-likeness (QED) is 0.549. The average Bonchev–Trinajstić information content (AvgIpc) is 2.45. The lowest BCUT2D eigenvalue weighted by molar-refractivity contribution is -0.139. The highest BCUT2D eigenvalue weighted by Crippen LogP contribution is 2.42. The molecule has 0 radical (unpaired) electrons. The second-order valence-electron chi connectivity index (χ2n) is 4.46. The molecule has 0 saturated carbocycles. The van der Waals surface area contributed by atoms with Gasteiger partial charge in [0.2, 0.25) is 0 Å². The predicted molar refractivity (Wildman–Crippen MR) is 67.3 cm³/mol. The molecule has 0 fully saturated rings. The lowest BCUT2D eigenvalue weighted by Crippen LogP contribution is -2.11. The first-order chi connectivity index (χ1) is 10.1. The van der Waals surface area contributed by atoms with E-state index in [0.29, 0.717) is 12.1 Å². The molecule has 2 aromatic rings. The molecule has 0 bridgehead atoms. The Bertz CT molecular complexity index is 700. The summed E-state index contributed by atoms with van der Waals surface area (Å²) in [4.78, 5) is 10.6. The minimum atomic E-state index is -4.88. The molecule has 0 atom stereocenters. The monoisotopic (exact) mass is 318 g/mol. The third-order valence-corrected chi connectivity index (χ3v) is 3.01. The van der Waals surface area contributed by atoms with Gasteiger partial charge in [-0.25, -0.2) is 0 Å². The van der Waals surface area contributed by atoms with E-state index in [1.54, 1.807) is 0 Å². The van der Waals surface area contributed by atoms with Crippen LogP contribution in [-0.4, -0.2) is 6.29 Å². The molecule has 0 aliphatic carbocycles. The molecule has 0 aliphatic heterocycles. The third-order valence-electron chi connectivity index (χ3n) is 3.01. The second-order valence-corrected chi connectivity index (χ2v) is 4.46. The van der Waals surface area contributed by atoms with Crippen LogP contribution in [0.3, 0.4) is 0 Å². The maximum atomic E-state index is 13.1. The first kappa shape index (κ1) is 16.1. The van der Waals surface area contributed by atoms with Crippen molar-refractivity contribution >= 4 is 6.29 Å². The van der Waals surface area contributed by atoms with Crippen molar-refractivity contribution in [3.63, 3.8) is 0 Å². The Morgan fingerprint density at radius 2 is 1.27 bits per heavy atom. The standard InChI is InChI=1S/C15H8F6O/c16-14(17,18)12-4-2-1-3-10(12)11-6-5-9(8-22)7-13(11)15(19,20)21/h1-8H. The van der Waals surface area contributed by atoms with E-state index in [4.69, 9.17) is 0 Å². The first-order valence-corrected chi connectivity index (χ1v) is 5.97. The number of rotatable bonds is 2. The van der Waals surface area contributed by atoms with Crippen molar-refractivity contribution in [3.05, 3.63) is 59.2 Å². The molecular formula is C15H8F6O. The van der Waals surface area contributed by atoms with E-state index in [1.807, 2.05) is 0 Å². The Labute approximate surface area is 121 Å². The molecule has 0 aromatic heterocycles. The van der Waals surface area contributed by atoms with Crippen LogP contribution < -0.4 is 0 Å². The average molecular weight is 318 g/mol. The van der Waals surface area contributed by atoms with Gasteiger partial charge in [0.05, 0.1) is 11.1 Å². The van der Waals surface area contributed by atoms with Gasteiger partial charge in [-0.05, 0) is 23.3 Å². The summed E-state index contributed by atoms with van der Waals surface area (Å²) in [7, 11) is 0. The topological polar surface area (TPSA) is 17.1 Å². The van der Waals surface area contributed by atoms with E-state index in [-0.39, 0.29) is 11.8 Å². The molecule has 0 amide bonds. The van der Waals surface area contributed by atoms with Crippen LogP contribution in [0.5, 0.6) is 0 Å². The normalized spacial score (nSPS) is 12.3. The SMILES string of the molecule is O=Cc1ccc(-c2ccccc2C(F)(F)F)c(C(F)(F)F)c1. The van der Waals surface area contributed by atoms with Gasteiger partial charge in [-0.3, -0.25) is 4.79 Å². The molecule has 0 heterocycles. The highest BCUT2D eigenvalue weighted by atomic mass is 19.4. The lowest BCUT2D eigenvalue weighted by Gasteiger charge is -2.17. The Morgan fingerprint density at radius 1 is 0.727 bits per heavy atom. The maximum absolute atomic E-state index is 13.1. The third kappa shape index (κ3) is 3.13. The molecule has 0 spiro atoms. The number of hydrogen-bond donors (Lipinski definition) is 0. The molecule has 2 aromatic carbocycles. The fourth-order valence-electron chi connectivity index (χ4n) is 2.07. The zero-order valence-corrected chi connectivity index (χ0v) is 10.8. The highest BCUT2D eigenvalue weighted by molar-refractivity contribution is 5.80. The highest BCUT2D eigenvalue weighted by Gasteiger charge is 2.38.